The molecule has 0 radical (unpaired) electrons. The average Bonchev–Trinajstić information content (AvgIpc) is 2.69. The molecule has 0 saturated heterocycles. The largest absolute Gasteiger partial charge is 0.361 e. The van der Waals surface area contributed by atoms with Crippen LogP contribution in [-0.4, -0.2) is 4.98 Å². The van der Waals surface area contributed by atoms with Crippen LogP contribution in [-0.2, 0) is 6.42 Å². The second kappa shape index (κ2) is 5.35. The molecule has 1 aromatic carbocycles. The number of hydrogen-bond acceptors (Lipinski definition) is 0. The number of aromatic amines is 1. The fourth-order valence-electron chi connectivity index (χ4n) is 2.36. The number of nitrogens with one attached hydrogen (secondary N) is 1. The molecule has 1 nitrogen and oxygen atoms in total. The Morgan fingerprint density at radius 3 is 2.94 bits per heavy atom. The van der Waals surface area contributed by atoms with Crippen LogP contribution < -0.4 is 0 Å². The third kappa shape index (κ3) is 2.87. The summed E-state index contributed by atoms with van der Waals surface area (Å²) < 4.78 is 13.1. The lowest BCUT2D eigenvalue weighted by molar-refractivity contribution is 0.505. The zero-order valence-corrected chi connectivity index (χ0v) is 10.6. The quantitative estimate of drug-likeness (QED) is 0.772. The molecule has 2 rings (SSSR count). The van der Waals surface area contributed by atoms with Gasteiger partial charge in [0.25, 0.3) is 0 Å². The average molecular weight is 233 g/mol. The molecule has 1 aromatic heterocycles. The summed E-state index contributed by atoms with van der Waals surface area (Å²) in [5.74, 6) is 0.518. The van der Waals surface area contributed by atoms with Crippen molar-refractivity contribution in [2.24, 2.45) is 5.92 Å². The molecule has 1 heterocycles. The molecule has 1 unspecified atom stereocenters. The third-order valence-corrected chi connectivity index (χ3v) is 3.35. The van der Waals surface area contributed by atoms with Gasteiger partial charge in [0.2, 0.25) is 0 Å². The van der Waals surface area contributed by atoms with Crippen LogP contribution in [0.1, 0.15) is 38.7 Å². The minimum atomic E-state index is -0.176. The summed E-state index contributed by atoms with van der Waals surface area (Å²) in [7, 11) is 0. The van der Waals surface area contributed by atoms with E-state index in [9.17, 15) is 4.39 Å². The minimum Gasteiger partial charge on any atom is -0.361 e. The number of unbranched alkanes of at least 4 members (excludes halogenated alkanes) is 1. The van der Waals surface area contributed by atoms with E-state index in [-0.39, 0.29) is 5.82 Å². The van der Waals surface area contributed by atoms with Crippen molar-refractivity contribution in [3.8, 4) is 0 Å². The standard InChI is InChI=1S/C15H20FN/c1-3-4-5-11(2)8-12-10-17-15-9-13(16)6-7-14(12)15/h6-7,9-11,17H,3-5,8H2,1-2H3. The predicted octanol–water partition coefficient (Wildman–Crippen LogP) is 4.68. The van der Waals surface area contributed by atoms with Crippen LogP contribution in [0.5, 0.6) is 0 Å². The van der Waals surface area contributed by atoms with E-state index in [1.54, 1.807) is 6.07 Å². The van der Waals surface area contributed by atoms with Crippen LogP contribution in [0.15, 0.2) is 24.4 Å². The van der Waals surface area contributed by atoms with Crippen LogP contribution in [0.4, 0.5) is 4.39 Å². The maximum atomic E-state index is 13.1. The fraction of sp³-hybridized carbons (Fsp3) is 0.467. The molecule has 1 atom stereocenters. The lowest BCUT2D eigenvalue weighted by atomic mass is 9.96. The van der Waals surface area contributed by atoms with Gasteiger partial charge >= 0.3 is 0 Å². The van der Waals surface area contributed by atoms with Crippen LogP contribution in [0.25, 0.3) is 10.9 Å². The van der Waals surface area contributed by atoms with Gasteiger partial charge in [0.15, 0.2) is 0 Å². The van der Waals surface area contributed by atoms with Crippen molar-refractivity contribution < 1.29 is 4.39 Å². The summed E-state index contributed by atoms with van der Waals surface area (Å²) in [4.78, 5) is 3.15. The highest BCUT2D eigenvalue weighted by molar-refractivity contribution is 5.83. The summed E-state index contributed by atoms with van der Waals surface area (Å²) in [5, 5.41) is 1.16. The number of fused-ring (bicyclic) bond motifs is 1. The van der Waals surface area contributed by atoms with Gasteiger partial charge in [0, 0.05) is 17.1 Å². The first-order valence-corrected chi connectivity index (χ1v) is 6.46. The highest BCUT2D eigenvalue weighted by Crippen LogP contribution is 2.23. The van der Waals surface area contributed by atoms with Crippen molar-refractivity contribution in [1.82, 2.24) is 4.98 Å². The first-order chi connectivity index (χ1) is 8.20. The normalized spacial score (nSPS) is 13.1. The number of rotatable bonds is 5. The summed E-state index contributed by atoms with van der Waals surface area (Å²) >= 11 is 0. The molecule has 92 valence electrons. The minimum absolute atomic E-state index is 0.176. The molecule has 0 aliphatic carbocycles. The molecular formula is C15H20FN. The molecule has 0 amide bonds. The Bertz CT molecular complexity index is 487. The first-order valence-electron chi connectivity index (χ1n) is 6.46. The van der Waals surface area contributed by atoms with E-state index < -0.39 is 0 Å². The van der Waals surface area contributed by atoms with Crippen molar-refractivity contribution in [2.45, 2.75) is 39.5 Å². The molecule has 17 heavy (non-hydrogen) atoms. The lowest BCUT2D eigenvalue weighted by Gasteiger charge is -2.09. The van der Waals surface area contributed by atoms with Gasteiger partial charge < -0.3 is 4.98 Å². The molecule has 2 aromatic rings. The maximum Gasteiger partial charge on any atom is 0.125 e. The Hall–Kier alpha value is -1.31. The van der Waals surface area contributed by atoms with Crippen LogP contribution in [0, 0.1) is 11.7 Å². The van der Waals surface area contributed by atoms with E-state index in [0.29, 0.717) is 5.92 Å². The number of hydrogen-bond donors (Lipinski definition) is 1. The molecule has 0 aliphatic rings. The molecular weight excluding hydrogens is 213 g/mol. The van der Waals surface area contributed by atoms with Crippen molar-refractivity contribution in [2.75, 3.05) is 0 Å². The van der Waals surface area contributed by atoms with Gasteiger partial charge in [0.1, 0.15) is 5.82 Å². The Labute approximate surface area is 102 Å². The zero-order valence-electron chi connectivity index (χ0n) is 10.6. The first kappa shape index (κ1) is 12.2. The van der Waals surface area contributed by atoms with Gasteiger partial charge in [-0.2, -0.15) is 0 Å². The second-order valence-corrected chi connectivity index (χ2v) is 4.96. The molecule has 0 saturated carbocycles. The SMILES string of the molecule is CCCCC(C)Cc1c[nH]c2cc(F)ccc12. The Morgan fingerprint density at radius 2 is 2.18 bits per heavy atom. The molecule has 0 aliphatic heterocycles. The Balaban J connectivity index is 2.13. The van der Waals surface area contributed by atoms with Crippen LogP contribution in [0.2, 0.25) is 0 Å². The lowest BCUT2D eigenvalue weighted by Crippen LogP contribution is -1.98. The van der Waals surface area contributed by atoms with Crippen molar-refractivity contribution in [1.29, 1.82) is 0 Å². The predicted molar refractivity (Wildman–Crippen MR) is 70.6 cm³/mol. The maximum absolute atomic E-state index is 13.1. The highest BCUT2D eigenvalue weighted by atomic mass is 19.1. The van der Waals surface area contributed by atoms with E-state index in [0.717, 1.165) is 17.3 Å². The Kier molecular flexibility index (Phi) is 3.82. The van der Waals surface area contributed by atoms with Crippen molar-refractivity contribution in [3.63, 3.8) is 0 Å². The van der Waals surface area contributed by atoms with Crippen molar-refractivity contribution >= 4 is 10.9 Å². The van der Waals surface area contributed by atoms with E-state index in [2.05, 4.69) is 18.8 Å². The van der Waals surface area contributed by atoms with Gasteiger partial charge in [-0.1, -0.05) is 33.1 Å². The van der Waals surface area contributed by atoms with Gasteiger partial charge in [-0.25, -0.2) is 4.39 Å². The number of halogens is 1. The van der Waals surface area contributed by atoms with E-state index >= 15 is 0 Å². The van der Waals surface area contributed by atoms with Gasteiger partial charge in [0.05, 0.1) is 0 Å². The molecule has 2 heteroatoms. The van der Waals surface area contributed by atoms with Crippen molar-refractivity contribution in [3.05, 3.63) is 35.8 Å². The molecule has 1 N–H and O–H groups in total. The second-order valence-electron chi connectivity index (χ2n) is 4.96. The van der Waals surface area contributed by atoms with E-state index in [4.69, 9.17) is 0 Å². The highest BCUT2D eigenvalue weighted by Gasteiger charge is 2.08. The zero-order chi connectivity index (χ0) is 12.3. The summed E-state index contributed by atoms with van der Waals surface area (Å²) in [6, 6.07) is 4.98. The van der Waals surface area contributed by atoms with Gasteiger partial charge in [-0.3, -0.25) is 0 Å². The smallest absolute Gasteiger partial charge is 0.125 e. The summed E-state index contributed by atoms with van der Waals surface area (Å²) in [6.07, 6.45) is 6.91. The summed E-state index contributed by atoms with van der Waals surface area (Å²) in [6.45, 7) is 4.51. The molecule has 0 fully saturated rings. The fourth-order valence-corrected chi connectivity index (χ4v) is 2.36. The third-order valence-electron chi connectivity index (χ3n) is 3.35. The topological polar surface area (TPSA) is 15.8 Å². The summed E-state index contributed by atoms with van der Waals surface area (Å²) in [5.41, 5.74) is 2.21. The van der Waals surface area contributed by atoms with Gasteiger partial charge in [-0.05, 0) is 36.1 Å². The number of aromatic nitrogens is 1. The van der Waals surface area contributed by atoms with Crippen LogP contribution in [0.3, 0.4) is 0 Å². The van der Waals surface area contributed by atoms with E-state index in [1.807, 2.05) is 12.3 Å². The van der Waals surface area contributed by atoms with E-state index in [1.165, 1.54) is 30.9 Å². The van der Waals surface area contributed by atoms with Crippen LogP contribution >= 0.6 is 0 Å². The van der Waals surface area contributed by atoms with Gasteiger partial charge in [-0.15, -0.1) is 0 Å². The monoisotopic (exact) mass is 233 g/mol. The molecule has 0 bridgehead atoms. The number of H-pyrrole nitrogens is 1. The number of benzene rings is 1. The Morgan fingerprint density at radius 1 is 1.35 bits per heavy atom. The molecule has 0 spiro atoms.